The fraction of sp³-hybridized carbons (Fsp3) is 0.500. The van der Waals surface area contributed by atoms with Gasteiger partial charge in [0.25, 0.3) is 5.91 Å². The van der Waals surface area contributed by atoms with Gasteiger partial charge in [-0.2, -0.15) is 5.26 Å². The summed E-state index contributed by atoms with van der Waals surface area (Å²) in [5.74, 6) is -1.15. The molecule has 1 aromatic carbocycles. The number of benzene rings is 1. The maximum atomic E-state index is 13.7. The zero-order valence-corrected chi connectivity index (χ0v) is 13.8. The Hall–Kier alpha value is -2.46. The maximum Gasteiger partial charge on any atom is 0.255 e. The Kier molecular flexibility index (Phi) is 5.00. The molecule has 25 heavy (non-hydrogen) atoms. The molecule has 2 saturated heterocycles. The van der Waals surface area contributed by atoms with Crippen LogP contribution >= 0.6 is 0 Å². The molecule has 2 fully saturated rings. The number of nitriles is 1. The van der Waals surface area contributed by atoms with Gasteiger partial charge in [-0.05, 0) is 43.7 Å². The van der Waals surface area contributed by atoms with E-state index in [1.54, 1.807) is 11.0 Å². The smallest absolute Gasteiger partial charge is 0.255 e. The van der Waals surface area contributed by atoms with Crippen LogP contribution in [-0.4, -0.2) is 42.0 Å². The number of rotatable bonds is 3. The lowest BCUT2D eigenvalue weighted by Gasteiger charge is -2.34. The second-order valence-electron chi connectivity index (χ2n) is 6.55. The van der Waals surface area contributed by atoms with E-state index in [0.29, 0.717) is 19.5 Å². The second kappa shape index (κ2) is 7.19. The summed E-state index contributed by atoms with van der Waals surface area (Å²) in [5, 5.41) is 9.09. The minimum atomic E-state index is -0.680. The molecule has 2 aliphatic heterocycles. The van der Waals surface area contributed by atoms with Crippen LogP contribution in [0.1, 0.15) is 41.6 Å². The molecule has 132 valence electrons. The van der Waals surface area contributed by atoms with Crippen molar-refractivity contribution < 1.29 is 18.7 Å². The van der Waals surface area contributed by atoms with Crippen LogP contribution in [0.3, 0.4) is 0 Å². The molecule has 2 N–H and O–H groups in total. The summed E-state index contributed by atoms with van der Waals surface area (Å²) >= 11 is 0. The number of likely N-dealkylation sites (tertiary alicyclic amines) is 1. The van der Waals surface area contributed by atoms with Crippen LogP contribution in [0.2, 0.25) is 0 Å². The van der Waals surface area contributed by atoms with E-state index in [-0.39, 0.29) is 29.1 Å². The van der Waals surface area contributed by atoms with Gasteiger partial charge in [0, 0.05) is 13.1 Å². The van der Waals surface area contributed by atoms with Crippen LogP contribution in [0.15, 0.2) is 18.2 Å². The summed E-state index contributed by atoms with van der Waals surface area (Å²) in [7, 11) is 0. The number of halogens is 1. The summed E-state index contributed by atoms with van der Waals surface area (Å²) < 4.78 is 19.4. The Morgan fingerprint density at radius 3 is 2.56 bits per heavy atom. The summed E-state index contributed by atoms with van der Waals surface area (Å²) in [6.07, 6.45) is 2.44. The molecule has 2 heterocycles. The predicted octanol–water partition coefficient (Wildman–Crippen LogP) is 1.58. The average Bonchev–Trinajstić information content (AvgIpc) is 3.11. The first-order chi connectivity index (χ1) is 12.0. The third-order valence-corrected chi connectivity index (χ3v) is 5.08. The van der Waals surface area contributed by atoms with Crippen molar-refractivity contribution in [3.8, 4) is 6.07 Å². The van der Waals surface area contributed by atoms with Gasteiger partial charge in [0.2, 0.25) is 5.91 Å². The third kappa shape index (κ3) is 3.49. The van der Waals surface area contributed by atoms with E-state index >= 15 is 0 Å². The number of ether oxygens (including phenoxy) is 1. The molecule has 2 amide bonds. The molecule has 0 saturated carbocycles. The number of piperidine rings is 1. The molecular weight excluding hydrogens is 325 g/mol. The first-order valence-electron chi connectivity index (χ1n) is 8.44. The van der Waals surface area contributed by atoms with Gasteiger partial charge in [0.05, 0.1) is 11.7 Å². The third-order valence-electron chi connectivity index (χ3n) is 5.08. The molecule has 1 aromatic rings. The highest BCUT2D eigenvalue weighted by Crippen LogP contribution is 2.32. The van der Waals surface area contributed by atoms with Crippen molar-refractivity contribution in [3.05, 3.63) is 35.1 Å². The molecule has 0 bridgehead atoms. The van der Waals surface area contributed by atoms with Gasteiger partial charge in [-0.1, -0.05) is 6.07 Å². The summed E-state index contributed by atoms with van der Waals surface area (Å²) in [4.78, 5) is 25.5. The topological polar surface area (TPSA) is 96.4 Å². The van der Waals surface area contributed by atoms with Gasteiger partial charge >= 0.3 is 0 Å². The van der Waals surface area contributed by atoms with Crippen LogP contribution < -0.4 is 5.73 Å². The molecule has 3 rings (SSSR count). The van der Waals surface area contributed by atoms with Crippen LogP contribution in [0.4, 0.5) is 4.39 Å². The highest BCUT2D eigenvalue weighted by Gasteiger charge is 2.36. The second-order valence-corrected chi connectivity index (χ2v) is 6.55. The Balaban J connectivity index is 1.61. The Morgan fingerprint density at radius 2 is 1.96 bits per heavy atom. The molecule has 6 nitrogen and oxygen atoms in total. The number of hydrogen-bond acceptors (Lipinski definition) is 4. The van der Waals surface area contributed by atoms with E-state index in [9.17, 15) is 14.0 Å². The van der Waals surface area contributed by atoms with E-state index < -0.39 is 17.8 Å². The molecule has 0 radical (unpaired) electrons. The number of carbonyl (C=O) groups is 2. The number of nitrogens with zero attached hydrogens (tertiary/aromatic N) is 2. The van der Waals surface area contributed by atoms with Gasteiger partial charge in [-0.25, -0.2) is 4.39 Å². The van der Waals surface area contributed by atoms with Gasteiger partial charge in [-0.15, -0.1) is 0 Å². The fourth-order valence-electron chi connectivity index (χ4n) is 3.68. The highest BCUT2D eigenvalue weighted by atomic mass is 19.1. The van der Waals surface area contributed by atoms with Crippen molar-refractivity contribution >= 4 is 11.8 Å². The molecule has 7 heteroatoms. The normalized spacial score (nSPS) is 24.1. The van der Waals surface area contributed by atoms with E-state index in [1.807, 2.05) is 0 Å². The van der Waals surface area contributed by atoms with Gasteiger partial charge < -0.3 is 15.4 Å². The van der Waals surface area contributed by atoms with Crippen molar-refractivity contribution in [2.45, 2.75) is 37.9 Å². The molecule has 0 unspecified atom stereocenters. The number of carbonyl (C=O) groups excluding carboxylic acids is 2. The van der Waals surface area contributed by atoms with Crippen molar-refractivity contribution in [2.24, 2.45) is 11.7 Å². The largest absolute Gasteiger partial charge is 0.367 e. The van der Waals surface area contributed by atoms with Gasteiger partial charge in [0.1, 0.15) is 23.6 Å². The van der Waals surface area contributed by atoms with Gasteiger partial charge in [0.15, 0.2) is 0 Å². The molecule has 2 aliphatic rings. The van der Waals surface area contributed by atoms with E-state index in [0.717, 1.165) is 19.3 Å². The quantitative estimate of drug-likeness (QED) is 0.899. The zero-order valence-electron chi connectivity index (χ0n) is 13.8. The molecule has 0 spiro atoms. The Bertz CT molecular complexity index is 723. The van der Waals surface area contributed by atoms with Crippen LogP contribution in [0.5, 0.6) is 0 Å². The average molecular weight is 345 g/mol. The lowest BCUT2D eigenvalue weighted by molar-refractivity contribution is -0.130. The van der Waals surface area contributed by atoms with Crippen molar-refractivity contribution in [2.75, 3.05) is 13.1 Å². The molecule has 0 aromatic heterocycles. The zero-order chi connectivity index (χ0) is 18.0. The molecular formula is C18H20FN3O3. The minimum absolute atomic E-state index is 0.00130. The maximum absolute atomic E-state index is 13.7. The van der Waals surface area contributed by atoms with Gasteiger partial charge in [-0.3, -0.25) is 9.59 Å². The fourth-order valence-corrected chi connectivity index (χ4v) is 3.68. The first-order valence-corrected chi connectivity index (χ1v) is 8.44. The highest BCUT2D eigenvalue weighted by molar-refractivity contribution is 5.96. The SMILES string of the molecule is N#Cc1c(F)cccc1C(=O)N1CCC([C@@H]2CC[C@H](C(N)=O)O2)CC1. The van der Waals surface area contributed by atoms with E-state index in [4.69, 9.17) is 15.7 Å². The van der Waals surface area contributed by atoms with E-state index in [2.05, 4.69) is 0 Å². The molecule has 2 atom stereocenters. The first kappa shape index (κ1) is 17.4. The standard InChI is InChI=1S/C18H20FN3O3/c19-14-3-1-2-12(13(14)10-20)18(24)22-8-6-11(7-9-22)15-4-5-16(25-15)17(21)23/h1-3,11,15-16H,4-9H2,(H2,21,23)/t15-,16+/m0/s1. The number of nitrogens with two attached hydrogens (primary N) is 1. The lowest BCUT2D eigenvalue weighted by atomic mass is 9.89. The minimum Gasteiger partial charge on any atom is -0.367 e. The van der Waals surface area contributed by atoms with Crippen molar-refractivity contribution in [1.29, 1.82) is 5.26 Å². The summed E-state index contributed by atoms with van der Waals surface area (Å²) in [5.41, 5.74) is 5.17. The van der Waals surface area contributed by atoms with Crippen molar-refractivity contribution in [3.63, 3.8) is 0 Å². The van der Waals surface area contributed by atoms with Crippen LogP contribution in [-0.2, 0) is 9.53 Å². The monoisotopic (exact) mass is 345 g/mol. The van der Waals surface area contributed by atoms with Crippen LogP contribution in [0, 0.1) is 23.1 Å². The Morgan fingerprint density at radius 1 is 1.24 bits per heavy atom. The predicted molar refractivity (Wildman–Crippen MR) is 86.8 cm³/mol. The van der Waals surface area contributed by atoms with Crippen LogP contribution in [0.25, 0.3) is 0 Å². The molecule has 0 aliphatic carbocycles. The number of amides is 2. The Labute approximate surface area is 145 Å². The van der Waals surface area contributed by atoms with Crippen molar-refractivity contribution in [1.82, 2.24) is 4.90 Å². The lowest BCUT2D eigenvalue weighted by Crippen LogP contribution is -2.42. The summed E-state index contributed by atoms with van der Waals surface area (Å²) in [6.45, 7) is 1.04. The van der Waals surface area contributed by atoms with E-state index in [1.165, 1.54) is 18.2 Å². The summed E-state index contributed by atoms with van der Waals surface area (Å²) in [6, 6.07) is 5.86. The number of primary amides is 1. The number of hydrogen-bond donors (Lipinski definition) is 1.